The van der Waals surface area contributed by atoms with Crippen LogP contribution < -0.4 is 15.0 Å². The van der Waals surface area contributed by atoms with Crippen LogP contribution in [0.25, 0.3) is 0 Å². The van der Waals surface area contributed by atoms with E-state index >= 15 is 0 Å². The van der Waals surface area contributed by atoms with Gasteiger partial charge in [-0.25, -0.2) is 4.98 Å². The molecule has 12 heteroatoms. The minimum atomic E-state index is -4.63. The number of nitrogens with zero attached hydrogens (tertiary/aromatic N) is 2. The van der Waals surface area contributed by atoms with Gasteiger partial charge in [-0.15, -0.1) is 0 Å². The SMILES string of the molecule is C[C@H](OC(=O)CCN1C(=O)COc2ccccc21)C(=O)Nc1ncc(C(F)(F)F)cc1Cl. The number of benzene rings is 1. The van der Waals surface area contributed by atoms with Gasteiger partial charge in [-0.2, -0.15) is 13.2 Å². The number of ether oxygens (including phenoxy) is 2. The Morgan fingerprint density at radius 1 is 1.34 bits per heavy atom. The minimum Gasteiger partial charge on any atom is -0.482 e. The van der Waals surface area contributed by atoms with Crippen LogP contribution in [0.2, 0.25) is 5.02 Å². The number of hydrogen-bond acceptors (Lipinski definition) is 6. The third kappa shape index (κ3) is 5.47. The van der Waals surface area contributed by atoms with Crippen molar-refractivity contribution >= 4 is 40.9 Å². The molecule has 2 aromatic rings. The average Bonchev–Trinajstić information content (AvgIpc) is 2.73. The molecule has 1 aliphatic heterocycles. The Balaban J connectivity index is 1.55. The van der Waals surface area contributed by atoms with Crippen LogP contribution in [-0.2, 0) is 25.3 Å². The van der Waals surface area contributed by atoms with Gasteiger partial charge in [0.15, 0.2) is 18.5 Å². The van der Waals surface area contributed by atoms with Crippen molar-refractivity contribution in [2.24, 2.45) is 0 Å². The van der Waals surface area contributed by atoms with E-state index in [0.717, 1.165) is 0 Å². The largest absolute Gasteiger partial charge is 0.482 e. The maximum atomic E-state index is 12.7. The van der Waals surface area contributed by atoms with Crippen LogP contribution in [0.3, 0.4) is 0 Å². The molecule has 1 aliphatic rings. The molecule has 0 bridgehead atoms. The van der Waals surface area contributed by atoms with Gasteiger partial charge in [0.05, 0.1) is 22.7 Å². The highest BCUT2D eigenvalue weighted by atomic mass is 35.5. The van der Waals surface area contributed by atoms with Crippen LogP contribution in [0.15, 0.2) is 36.5 Å². The van der Waals surface area contributed by atoms with Crippen LogP contribution in [0, 0.1) is 0 Å². The van der Waals surface area contributed by atoms with Gasteiger partial charge in [0.25, 0.3) is 11.8 Å². The lowest BCUT2D eigenvalue weighted by Gasteiger charge is -2.29. The summed E-state index contributed by atoms with van der Waals surface area (Å²) in [5.74, 6) is -1.71. The van der Waals surface area contributed by atoms with Crippen molar-refractivity contribution in [2.75, 3.05) is 23.4 Å². The standard InChI is InChI=1S/C20H17ClF3N3O5/c1-11(19(30)26-18-13(21)8-12(9-25-18)20(22,23)24)32-17(29)6-7-27-14-4-2-3-5-15(14)31-10-16(27)28/h2-5,8-9,11H,6-7,10H2,1H3,(H,25,26,30)/t11-/m0/s1. The van der Waals surface area contributed by atoms with Crippen LogP contribution >= 0.6 is 11.6 Å². The van der Waals surface area contributed by atoms with Crippen LogP contribution in [-0.4, -0.2) is 42.0 Å². The maximum Gasteiger partial charge on any atom is 0.417 e. The first-order chi connectivity index (χ1) is 15.1. The summed E-state index contributed by atoms with van der Waals surface area (Å²) < 4.78 is 48.4. The van der Waals surface area contributed by atoms with Gasteiger partial charge in [0.1, 0.15) is 5.75 Å². The van der Waals surface area contributed by atoms with Crippen molar-refractivity contribution in [3.05, 3.63) is 47.1 Å². The minimum absolute atomic E-state index is 0.0126. The predicted molar refractivity (Wildman–Crippen MR) is 107 cm³/mol. The van der Waals surface area contributed by atoms with E-state index in [0.29, 0.717) is 23.7 Å². The van der Waals surface area contributed by atoms with E-state index in [9.17, 15) is 27.6 Å². The molecule has 170 valence electrons. The molecule has 0 aliphatic carbocycles. The van der Waals surface area contributed by atoms with Crippen LogP contribution in [0.5, 0.6) is 5.75 Å². The Hall–Kier alpha value is -3.34. The van der Waals surface area contributed by atoms with E-state index < -0.39 is 34.7 Å². The summed E-state index contributed by atoms with van der Waals surface area (Å²) in [5.41, 5.74) is -0.551. The van der Waals surface area contributed by atoms with E-state index in [1.165, 1.54) is 11.8 Å². The van der Waals surface area contributed by atoms with Gasteiger partial charge in [-0.3, -0.25) is 14.4 Å². The zero-order chi connectivity index (χ0) is 23.5. The molecule has 2 heterocycles. The van der Waals surface area contributed by atoms with Gasteiger partial charge in [-0.1, -0.05) is 23.7 Å². The number of halogens is 4. The molecule has 0 spiro atoms. The Kier molecular flexibility index (Phi) is 6.87. The highest BCUT2D eigenvalue weighted by molar-refractivity contribution is 6.33. The first kappa shape index (κ1) is 23.3. The van der Waals surface area contributed by atoms with Gasteiger partial charge in [0.2, 0.25) is 0 Å². The summed E-state index contributed by atoms with van der Waals surface area (Å²) in [4.78, 5) is 41.4. The molecule has 0 unspecified atom stereocenters. The number of nitrogens with one attached hydrogen (secondary N) is 1. The number of amides is 2. The Morgan fingerprint density at radius 3 is 2.75 bits per heavy atom. The highest BCUT2D eigenvalue weighted by Crippen LogP contribution is 2.33. The molecule has 1 aromatic heterocycles. The monoisotopic (exact) mass is 471 g/mol. The quantitative estimate of drug-likeness (QED) is 0.648. The number of aromatic nitrogens is 1. The molecule has 32 heavy (non-hydrogen) atoms. The van der Waals surface area contributed by atoms with E-state index in [1.54, 1.807) is 24.3 Å². The number of para-hydroxylation sites is 2. The summed E-state index contributed by atoms with van der Waals surface area (Å²) in [6.07, 6.45) is -5.59. The third-order valence-corrected chi connectivity index (χ3v) is 4.72. The fourth-order valence-electron chi connectivity index (χ4n) is 2.82. The number of hydrogen-bond donors (Lipinski definition) is 1. The number of anilines is 2. The van der Waals surface area contributed by atoms with Gasteiger partial charge < -0.3 is 19.7 Å². The molecule has 8 nitrogen and oxygen atoms in total. The van der Waals surface area contributed by atoms with Gasteiger partial charge >= 0.3 is 12.1 Å². The lowest BCUT2D eigenvalue weighted by Crippen LogP contribution is -2.40. The second-order valence-electron chi connectivity index (χ2n) is 6.73. The molecule has 0 fully saturated rings. The fourth-order valence-corrected chi connectivity index (χ4v) is 3.03. The topological polar surface area (TPSA) is 97.8 Å². The molecule has 1 N–H and O–H groups in total. The predicted octanol–water partition coefficient (Wildman–Crippen LogP) is 3.44. The second-order valence-corrected chi connectivity index (χ2v) is 7.13. The molecular weight excluding hydrogens is 455 g/mol. The van der Waals surface area contributed by atoms with Crippen molar-refractivity contribution in [2.45, 2.75) is 25.6 Å². The van der Waals surface area contributed by atoms with Crippen molar-refractivity contribution < 1.29 is 37.0 Å². The first-order valence-electron chi connectivity index (χ1n) is 9.31. The maximum absolute atomic E-state index is 12.7. The number of rotatable bonds is 6. The zero-order valence-electron chi connectivity index (χ0n) is 16.6. The first-order valence-corrected chi connectivity index (χ1v) is 9.69. The summed E-state index contributed by atoms with van der Waals surface area (Å²) in [7, 11) is 0. The number of pyridine rings is 1. The lowest BCUT2D eigenvalue weighted by molar-refractivity contribution is -0.153. The Morgan fingerprint density at radius 2 is 2.06 bits per heavy atom. The number of carbonyl (C=O) groups is 3. The van der Waals surface area contributed by atoms with Crippen molar-refractivity contribution in [3.63, 3.8) is 0 Å². The van der Waals surface area contributed by atoms with Crippen molar-refractivity contribution in [1.29, 1.82) is 0 Å². The van der Waals surface area contributed by atoms with Crippen LogP contribution in [0.1, 0.15) is 18.9 Å². The normalized spacial score (nSPS) is 14.3. The van der Waals surface area contributed by atoms with Gasteiger partial charge in [0, 0.05) is 12.7 Å². The number of esters is 1. The van der Waals surface area contributed by atoms with E-state index in [-0.39, 0.29) is 31.3 Å². The van der Waals surface area contributed by atoms with Gasteiger partial charge in [-0.05, 0) is 25.1 Å². The van der Waals surface area contributed by atoms with E-state index in [4.69, 9.17) is 21.1 Å². The highest BCUT2D eigenvalue weighted by Gasteiger charge is 2.32. The summed E-state index contributed by atoms with van der Waals surface area (Å²) in [5, 5.41) is 1.79. The Labute approximate surface area is 185 Å². The molecule has 0 saturated carbocycles. The van der Waals surface area contributed by atoms with E-state index in [2.05, 4.69) is 10.3 Å². The van der Waals surface area contributed by atoms with Crippen molar-refractivity contribution in [1.82, 2.24) is 4.98 Å². The molecule has 0 radical (unpaired) electrons. The summed E-state index contributed by atoms with van der Waals surface area (Å²) >= 11 is 5.75. The van der Waals surface area contributed by atoms with E-state index in [1.807, 2.05) is 0 Å². The third-order valence-electron chi connectivity index (χ3n) is 4.44. The van der Waals surface area contributed by atoms with Crippen LogP contribution in [0.4, 0.5) is 24.7 Å². The summed E-state index contributed by atoms with van der Waals surface area (Å²) in [6.45, 7) is 1.13. The number of fused-ring (bicyclic) bond motifs is 1. The van der Waals surface area contributed by atoms with Crippen molar-refractivity contribution in [3.8, 4) is 5.75 Å². The smallest absolute Gasteiger partial charge is 0.417 e. The molecule has 2 amide bonds. The zero-order valence-corrected chi connectivity index (χ0v) is 17.4. The molecule has 0 saturated heterocycles. The second kappa shape index (κ2) is 9.43. The Bertz CT molecular complexity index is 1050. The molecule has 1 aromatic carbocycles. The fraction of sp³-hybridized carbons (Fsp3) is 0.300. The number of alkyl halides is 3. The summed E-state index contributed by atoms with van der Waals surface area (Å²) in [6, 6.07) is 7.46. The molecule has 1 atom stereocenters. The number of carbonyl (C=O) groups excluding carboxylic acids is 3. The molecular formula is C20H17ClF3N3O5. The lowest BCUT2D eigenvalue weighted by atomic mass is 10.2. The average molecular weight is 472 g/mol. The molecule has 3 rings (SSSR count).